The Labute approximate surface area is 127 Å². The first kappa shape index (κ1) is 15.0. The molecule has 1 aromatic carbocycles. The standard InChI is InChI=1S/C18H27NO2/c20-17-11-12-19(16-9-5-2-6-10-16)13-18(17)21-14-15-7-3-1-4-8-15/h1,3-4,7-8,16-18,20H,2,5-6,9-14H2/t17-,18+/m0/s1. The molecule has 3 rings (SSSR count). The second kappa shape index (κ2) is 7.39. The Morgan fingerprint density at radius 3 is 2.57 bits per heavy atom. The molecule has 1 saturated heterocycles. The number of rotatable bonds is 4. The normalized spacial score (nSPS) is 28.6. The van der Waals surface area contributed by atoms with Gasteiger partial charge in [0.15, 0.2) is 0 Å². The zero-order chi connectivity index (χ0) is 14.5. The lowest BCUT2D eigenvalue weighted by atomic mass is 9.92. The van der Waals surface area contributed by atoms with Gasteiger partial charge in [0.2, 0.25) is 0 Å². The molecule has 1 aliphatic carbocycles. The average Bonchev–Trinajstić information content (AvgIpc) is 2.56. The van der Waals surface area contributed by atoms with Crippen LogP contribution in [0.4, 0.5) is 0 Å². The molecular weight excluding hydrogens is 262 g/mol. The first-order valence-electron chi connectivity index (χ1n) is 8.40. The summed E-state index contributed by atoms with van der Waals surface area (Å²) < 4.78 is 6.01. The molecule has 21 heavy (non-hydrogen) atoms. The Morgan fingerprint density at radius 2 is 1.81 bits per heavy atom. The van der Waals surface area contributed by atoms with Crippen LogP contribution in [0.5, 0.6) is 0 Å². The summed E-state index contributed by atoms with van der Waals surface area (Å²) in [6.07, 6.45) is 7.24. The third kappa shape index (κ3) is 4.06. The predicted molar refractivity (Wildman–Crippen MR) is 84.1 cm³/mol. The number of hydrogen-bond donors (Lipinski definition) is 1. The summed E-state index contributed by atoms with van der Waals surface area (Å²) >= 11 is 0. The van der Waals surface area contributed by atoms with Crippen LogP contribution in [0.15, 0.2) is 30.3 Å². The summed E-state index contributed by atoms with van der Waals surface area (Å²) in [6.45, 7) is 2.51. The van der Waals surface area contributed by atoms with E-state index < -0.39 is 0 Å². The maximum absolute atomic E-state index is 10.2. The highest BCUT2D eigenvalue weighted by Crippen LogP contribution is 2.26. The molecule has 2 fully saturated rings. The minimum absolute atomic E-state index is 0.0408. The molecule has 3 heteroatoms. The number of aliphatic hydroxyl groups is 1. The minimum Gasteiger partial charge on any atom is -0.390 e. The first-order valence-corrected chi connectivity index (χ1v) is 8.40. The van der Waals surface area contributed by atoms with Crippen LogP contribution >= 0.6 is 0 Å². The van der Waals surface area contributed by atoms with E-state index in [2.05, 4.69) is 17.0 Å². The van der Waals surface area contributed by atoms with Gasteiger partial charge in [0.1, 0.15) is 0 Å². The molecule has 2 atom stereocenters. The summed E-state index contributed by atoms with van der Waals surface area (Å²) in [6, 6.07) is 11.0. The lowest BCUT2D eigenvalue weighted by Gasteiger charge is -2.41. The van der Waals surface area contributed by atoms with Gasteiger partial charge in [-0.25, -0.2) is 0 Å². The molecule has 2 aliphatic rings. The quantitative estimate of drug-likeness (QED) is 0.925. The monoisotopic (exact) mass is 289 g/mol. The van der Waals surface area contributed by atoms with E-state index in [-0.39, 0.29) is 12.2 Å². The van der Waals surface area contributed by atoms with Crippen molar-refractivity contribution in [3.05, 3.63) is 35.9 Å². The second-order valence-corrected chi connectivity index (χ2v) is 6.48. The summed E-state index contributed by atoms with van der Waals surface area (Å²) in [4.78, 5) is 2.56. The molecule has 1 heterocycles. The number of nitrogens with zero attached hydrogens (tertiary/aromatic N) is 1. The van der Waals surface area contributed by atoms with E-state index in [0.717, 1.165) is 19.5 Å². The van der Waals surface area contributed by atoms with Crippen LogP contribution in [-0.2, 0) is 11.3 Å². The molecule has 1 aliphatic heterocycles. The van der Waals surface area contributed by atoms with Crippen molar-refractivity contribution in [2.24, 2.45) is 0 Å². The van der Waals surface area contributed by atoms with Gasteiger partial charge in [-0.15, -0.1) is 0 Å². The van der Waals surface area contributed by atoms with Crippen molar-refractivity contribution < 1.29 is 9.84 Å². The summed E-state index contributed by atoms with van der Waals surface area (Å²) in [7, 11) is 0. The zero-order valence-corrected chi connectivity index (χ0v) is 12.8. The third-order valence-corrected chi connectivity index (χ3v) is 4.95. The molecule has 0 amide bonds. The Bertz CT molecular complexity index is 416. The second-order valence-electron chi connectivity index (χ2n) is 6.48. The largest absolute Gasteiger partial charge is 0.390 e. The number of piperidine rings is 1. The fourth-order valence-electron chi connectivity index (χ4n) is 3.65. The molecule has 0 unspecified atom stereocenters. The highest BCUT2D eigenvalue weighted by Gasteiger charge is 2.32. The van der Waals surface area contributed by atoms with Crippen LogP contribution < -0.4 is 0 Å². The van der Waals surface area contributed by atoms with E-state index in [1.165, 1.54) is 37.7 Å². The molecular formula is C18H27NO2. The van der Waals surface area contributed by atoms with Crippen LogP contribution in [-0.4, -0.2) is 41.3 Å². The molecule has 1 aromatic rings. The first-order chi connectivity index (χ1) is 10.3. The number of benzene rings is 1. The van der Waals surface area contributed by atoms with E-state index in [0.29, 0.717) is 12.6 Å². The van der Waals surface area contributed by atoms with Crippen molar-refractivity contribution in [1.29, 1.82) is 0 Å². The van der Waals surface area contributed by atoms with Gasteiger partial charge in [-0.2, -0.15) is 0 Å². The van der Waals surface area contributed by atoms with Crippen LogP contribution in [0.3, 0.4) is 0 Å². The smallest absolute Gasteiger partial charge is 0.0965 e. The molecule has 0 spiro atoms. The van der Waals surface area contributed by atoms with Gasteiger partial charge in [-0.3, -0.25) is 4.90 Å². The average molecular weight is 289 g/mol. The summed E-state index contributed by atoms with van der Waals surface area (Å²) in [5.74, 6) is 0. The number of likely N-dealkylation sites (tertiary alicyclic amines) is 1. The van der Waals surface area contributed by atoms with Crippen LogP contribution in [0.25, 0.3) is 0 Å². The summed E-state index contributed by atoms with van der Waals surface area (Å²) in [5.41, 5.74) is 1.18. The lowest BCUT2D eigenvalue weighted by molar-refractivity contribution is -0.0958. The van der Waals surface area contributed by atoms with E-state index in [4.69, 9.17) is 4.74 Å². The Morgan fingerprint density at radius 1 is 1.05 bits per heavy atom. The van der Waals surface area contributed by atoms with Gasteiger partial charge in [0.05, 0.1) is 18.8 Å². The van der Waals surface area contributed by atoms with E-state index in [9.17, 15) is 5.11 Å². The van der Waals surface area contributed by atoms with Crippen LogP contribution in [0.1, 0.15) is 44.1 Å². The fraction of sp³-hybridized carbons (Fsp3) is 0.667. The topological polar surface area (TPSA) is 32.7 Å². The van der Waals surface area contributed by atoms with Crippen LogP contribution in [0, 0.1) is 0 Å². The maximum atomic E-state index is 10.2. The van der Waals surface area contributed by atoms with Gasteiger partial charge in [0, 0.05) is 19.1 Å². The molecule has 0 radical (unpaired) electrons. The van der Waals surface area contributed by atoms with Gasteiger partial charge in [-0.1, -0.05) is 49.6 Å². The minimum atomic E-state index is -0.312. The Kier molecular flexibility index (Phi) is 5.28. The van der Waals surface area contributed by atoms with Crippen molar-refractivity contribution in [2.45, 2.75) is 63.4 Å². The molecule has 116 valence electrons. The van der Waals surface area contributed by atoms with Gasteiger partial charge >= 0.3 is 0 Å². The molecule has 3 nitrogen and oxygen atoms in total. The highest BCUT2D eigenvalue weighted by molar-refractivity contribution is 5.13. The van der Waals surface area contributed by atoms with E-state index in [1.54, 1.807) is 0 Å². The SMILES string of the molecule is O[C@H]1CCN(C2CCCCC2)C[C@H]1OCc1ccccc1. The highest BCUT2D eigenvalue weighted by atomic mass is 16.5. The van der Waals surface area contributed by atoms with Gasteiger partial charge in [0.25, 0.3) is 0 Å². The van der Waals surface area contributed by atoms with Crippen molar-refractivity contribution in [2.75, 3.05) is 13.1 Å². The lowest BCUT2D eigenvalue weighted by Crippen LogP contribution is -2.51. The molecule has 1 N–H and O–H groups in total. The maximum Gasteiger partial charge on any atom is 0.0965 e. The molecule has 0 aromatic heterocycles. The van der Waals surface area contributed by atoms with Crippen molar-refractivity contribution in [3.63, 3.8) is 0 Å². The van der Waals surface area contributed by atoms with E-state index >= 15 is 0 Å². The molecule has 1 saturated carbocycles. The fourth-order valence-corrected chi connectivity index (χ4v) is 3.65. The third-order valence-electron chi connectivity index (χ3n) is 4.95. The van der Waals surface area contributed by atoms with E-state index in [1.807, 2.05) is 18.2 Å². The number of ether oxygens (including phenoxy) is 1. The van der Waals surface area contributed by atoms with Crippen LogP contribution in [0.2, 0.25) is 0 Å². The number of hydrogen-bond acceptors (Lipinski definition) is 3. The Hall–Kier alpha value is -0.900. The van der Waals surface area contributed by atoms with Crippen molar-refractivity contribution >= 4 is 0 Å². The van der Waals surface area contributed by atoms with Gasteiger partial charge < -0.3 is 9.84 Å². The van der Waals surface area contributed by atoms with Gasteiger partial charge in [-0.05, 0) is 24.8 Å². The molecule has 0 bridgehead atoms. The zero-order valence-electron chi connectivity index (χ0n) is 12.8. The predicted octanol–water partition coefficient (Wildman–Crippen LogP) is 2.97. The Balaban J connectivity index is 1.53. The van der Waals surface area contributed by atoms with Crippen molar-refractivity contribution in [3.8, 4) is 0 Å². The summed E-state index contributed by atoms with van der Waals surface area (Å²) in [5, 5.41) is 10.2. The van der Waals surface area contributed by atoms with Crippen molar-refractivity contribution in [1.82, 2.24) is 4.90 Å². The number of aliphatic hydroxyl groups excluding tert-OH is 1.